The van der Waals surface area contributed by atoms with E-state index in [0.717, 1.165) is 16.4 Å². The van der Waals surface area contributed by atoms with Gasteiger partial charge >= 0.3 is 0 Å². The zero-order valence-corrected chi connectivity index (χ0v) is 13.7. The summed E-state index contributed by atoms with van der Waals surface area (Å²) in [5.41, 5.74) is 0. The first-order valence-corrected chi connectivity index (χ1v) is 8.08. The summed E-state index contributed by atoms with van der Waals surface area (Å²) in [6.45, 7) is 4.23. The molecule has 0 heterocycles. The minimum atomic E-state index is 0.0815. The molecule has 0 fully saturated rings. The Morgan fingerprint density at radius 2 is 1.40 bits per heavy atom. The van der Waals surface area contributed by atoms with Crippen LogP contribution in [-0.4, -0.2) is 4.71 Å². The van der Waals surface area contributed by atoms with E-state index < -0.39 is 0 Å². The highest BCUT2D eigenvalue weighted by Gasteiger charge is 2.11. The summed E-state index contributed by atoms with van der Waals surface area (Å²) in [5, 5.41) is 0.700. The summed E-state index contributed by atoms with van der Waals surface area (Å²) < 4.78 is 5.82. The van der Waals surface area contributed by atoms with E-state index in [-0.39, 0.29) is 4.71 Å². The second-order valence-corrected chi connectivity index (χ2v) is 7.12. The van der Waals surface area contributed by atoms with Crippen molar-refractivity contribution in [1.29, 1.82) is 0 Å². The predicted molar refractivity (Wildman–Crippen MR) is 88.3 cm³/mol. The summed E-state index contributed by atoms with van der Waals surface area (Å²) in [4.78, 5) is 1.14. The molecule has 4 heteroatoms. The normalized spacial score (nSPS) is 12.4. The molecule has 0 radical (unpaired) electrons. The molecule has 0 aliphatic rings. The third kappa shape index (κ3) is 4.62. The van der Waals surface area contributed by atoms with E-state index in [9.17, 15) is 0 Å². The van der Waals surface area contributed by atoms with Crippen LogP contribution in [0.15, 0.2) is 53.4 Å². The van der Waals surface area contributed by atoms with Gasteiger partial charge in [0.25, 0.3) is 0 Å². The molecule has 0 N–H and O–H groups in total. The van der Waals surface area contributed by atoms with Crippen LogP contribution in [0.5, 0.6) is 11.5 Å². The number of hydrogen-bond donors (Lipinski definition) is 0. The molecule has 0 aliphatic heterocycles. The summed E-state index contributed by atoms with van der Waals surface area (Å²) >= 11 is 13.8. The molecular formula is C16H16Cl2OS. The van der Waals surface area contributed by atoms with E-state index in [0.29, 0.717) is 10.9 Å². The fourth-order valence-corrected chi connectivity index (χ4v) is 2.75. The lowest BCUT2D eigenvalue weighted by Gasteiger charge is -2.13. The van der Waals surface area contributed by atoms with Crippen molar-refractivity contribution in [3.05, 3.63) is 53.6 Å². The van der Waals surface area contributed by atoms with Gasteiger partial charge in [-0.05, 0) is 54.4 Å². The fraction of sp³-hybridized carbons (Fsp3) is 0.250. The summed E-state index contributed by atoms with van der Waals surface area (Å²) in [6.07, 6.45) is 0. The van der Waals surface area contributed by atoms with Gasteiger partial charge in [0.05, 0.1) is 4.71 Å². The van der Waals surface area contributed by atoms with E-state index >= 15 is 0 Å². The molecule has 1 unspecified atom stereocenters. The van der Waals surface area contributed by atoms with Crippen LogP contribution in [0.2, 0.25) is 5.02 Å². The largest absolute Gasteiger partial charge is 0.457 e. The highest BCUT2D eigenvalue weighted by atomic mass is 35.5. The van der Waals surface area contributed by atoms with Gasteiger partial charge in [-0.1, -0.05) is 25.4 Å². The number of benzene rings is 2. The maximum absolute atomic E-state index is 6.25. The van der Waals surface area contributed by atoms with Crippen molar-refractivity contribution in [3.63, 3.8) is 0 Å². The minimum absolute atomic E-state index is 0.0815. The van der Waals surface area contributed by atoms with Gasteiger partial charge in [-0.3, -0.25) is 0 Å². The molecule has 0 aromatic heterocycles. The van der Waals surface area contributed by atoms with E-state index in [1.165, 1.54) is 0 Å². The zero-order chi connectivity index (χ0) is 14.5. The van der Waals surface area contributed by atoms with Crippen LogP contribution in [0.1, 0.15) is 13.8 Å². The van der Waals surface area contributed by atoms with Gasteiger partial charge in [-0.25, -0.2) is 0 Å². The van der Waals surface area contributed by atoms with Crippen LogP contribution in [0, 0.1) is 5.92 Å². The molecule has 0 saturated heterocycles. The predicted octanol–water partition coefficient (Wildman–Crippen LogP) is 6.45. The highest BCUT2D eigenvalue weighted by molar-refractivity contribution is 8.01. The third-order valence-electron chi connectivity index (χ3n) is 2.65. The first-order valence-electron chi connectivity index (χ1n) is 6.39. The molecule has 1 nitrogen and oxygen atoms in total. The van der Waals surface area contributed by atoms with Gasteiger partial charge in [-0.2, -0.15) is 0 Å². The third-order valence-corrected chi connectivity index (χ3v) is 4.98. The maximum Gasteiger partial charge on any atom is 0.127 e. The molecule has 2 rings (SSSR count). The van der Waals surface area contributed by atoms with Crippen molar-refractivity contribution in [1.82, 2.24) is 0 Å². The van der Waals surface area contributed by atoms with Crippen LogP contribution in [0.4, 0.5) is 0 Å². The van der Waals surface area contributed by atoms with Gasteiger partial charge in [0.15, 0.2) is 0 Å². The lowest BCUT2D eigenvalue weighted by atomic mass is 10.3. The molecule has 0 amide bonds. The highest BCUT2D eigenvalue weighted by Crippen LogP contribution is 2.32. The molecule has 106 valence electrons. The van der Waals surface area contributed by atoms with E-state index in [4.69, 9.17) is 27.9 Å². The minimum Gasteiger partial charge on any atom is -0.457 e. The first kappa shape index (κ1) is 15.6. The first-order chi connectivity index (χ1) is 9.54. The number of hydrogen-bond acceptors (Lipinski definition) is 2. The fourth-order valence-electron chi connectivity index (χ4n) is 1.49. The number of rotatable bonds is 5. The molecular weight excluding hydrogens is 311 g/mol. The Kier molecular flexibility index (Phi) is 5.64. The van der Waals surface area contributed by atoms with Gasteiger partial charge < -0.3 is 4.74 Å². The van der Waals surface area contributed by atoms with E-state index in [1.54, 1.807) is 11.8 Å². The summed E-state index contributed by atoms with van der Waals surface area (Å²) in [6, 6.07) is 15.2. The summed E-state index contributed by atoms with van der Waals surface area (Å²) in [5.74, 6) is 2.01. The van der Waals surface area contributed by atoms with Crippen LogP contribution < -0.4 is 4.74 Å². The lowest BCUT2D eigenvalue weighted by molar-refractivity contribution is 0.482. The Morgan fingerprint density at radius 3 is 1.90 bits per heavy atom. The van der Waals surface area contributed by atoms with Crippen molar-refractivity contribution in [2.75, 3.05) is 0 Å². The molecule has 0 saturated carbocycles. The molecule has 1 atom stereocenters. The van der Waals surface area contributed by atoms with Gasteiger partial charge in [0.2, 0.25) is 0 Å². The maximum atomic E-state index is 6.25. The van der Waals surface area contributed by atoms with Gasteiger partial charge in [0.1, 0.15) is 11.5 Å². The van der Waals surface area contributed by atoms with Gasteiger partial charge in [0, 0.05) is 9.92 Å². The van der Waals surface area contributed by atoms with Crippen molar-refractivity contribution in [2.24, 2.45) is 5.92 Å². The topological polar surface area (TPSA) is 9.23 Å². The Labute approximate surface area is 134 Å². The number of thioether (sulfide) groups is 1. The molecule has 20 heavy (non-hydrogen) atoms. The smallest absolute Gasteiger partial charge is 0.127 e. The summed E-state index contributed by atoms with van der Waals surface area (Å²) in [7, 11) is 0. The average molecular weight is 327 g/mol. The van der Waals surface area contributed by atoms with Crippen LogP contribution in [0.25, 0.3) is 0 Å². The van der Waals surface area contributed by atoms with Crippen LogP contribution in [0.3, 0.4) is 0 Å². The van der Waals surface area contributed by atoms with Crippen LogP contribution >= 0.6 is 35.0 Å². The second-order valence-electron chi connectivity index (χ2n) is 4.74. The second kappa shape index (κ2) is 7.26. The average Bonchev–Trinajstić information content (AvgIpc) is 2.43. The van der Waals surface area contributed by atoms with E-state index in [2.05, 4.69) is 13.8 Å². The van der Waals surface area contributed by atoms with Crippen molar-refractivity contribution < 1.29 is 4.74 Å². The number of alkyl halides is 1. The van der Waals surface area contributed by atoms with Crippen molar-refractivity contribution in [2.45, 2.75) is 23.5 Å². The van der Waals surface area contributed by atoms with Crippen molar-refractivity contribution >= 4 is 35.0 Å². The van der Waals surface area contributed by atoms with Gasteiger partial charge in [-0.15, -0.1) is 23.4 Å². The Balaban J connectivity index is 1.99. The number of ether oxygens (including phenoxy) is 1. The monoisotopic (exact) mass is 326 g/mol. The SMILES string of the molecule is CC(C)C(Cl)Sc1ccc(Oc2ccc(Cl)cc2)cc1. The molecule has 0 aliphatic carbocycles. The molecule has 2 aromatic rings. The Hall–Kier alpha value is -0.830. The van der Waals surface area contributed by atoms with Crippen LogP contribution in [-0.2, 0) is 0 Å². The molecule has 0 spiro atoms. The molecule has 2 aromatic carbocycles. The lowest BCUT2D eigenvalue weighted by Crippen LogP contribution is -2.01. The number of halogens is 2. The Bertz CT molecular complexity index is 537. The standard InChI is InChI=1S/C16H16Cl2OS/c1-11(2)16(18)20-15-9-7-14(8-10-15)19-13-5-3-12(17)4-6-13/h3-11,16H,1-2H3. The van der Waals surface area contributed by atoms with Crippen molar-refractivity contribution in [3.8, 4) is 11.5 Å². The zero-order valence-electron chi connectivity index (χ0n) is 11.3. The Morgan fingerprint density at radius 1 is 0.900 bits per heavy atom. The quantitative estimate of drug-likeness (QED) is 0.461. The molecule has 0 bridgehead atoms. The van der Waals surface area contributed by atoms with E-state index in [1.807, 2.05) is 48.5 Å².